The maximum atomic E-state index is 4.42. The van der Waals surface area contributed by atoms with E-state index >= 15 is 0 Å². The number of aromatic nitrogens is 1. The van der Waals surface area contributed by atoms with E-state index in [-0.39, 0.29) is 0 Å². The largest absolute Gasteiger partial charge is 0.199 e. The first kappa shape index (κ1) is 22.5. The van der Waals surface area contributed by atoms with Crippen molar-refractivity contribution in [2.75, 3.05) is 5.75 Å². The molecular weight excluding hydrogens is 322 g/mol. The summed E-state index contributed by atoms with van der Waals surface area (Å²) in [5, 5.41) is 0. The van der Waals surface area contributed by atoms with E-state index in [2.05, 4.69) is 50.1 Å². The Morgan fingerprint density at radius 1 is 0.760 bits per heavy atom. The van der Waals surface area contributed by atoms with Gasteiger partial charge in [0.05, 0.1) is 0 Å². The van der Waals surface area contributed by atoms with Crippen molar-refractivity contribution in [1.82, 2.24) is 0 Å². The van der Waals surface area contributed by atoms with Gasteiger partial charge in [-0.2, -0.15) is 17.2 Å². The number of unbranched alkanes of at least 4 members (excludes halogenated alkanes) is 11. The van der Waals surface area contributed by atoms with Crippen molar-refractivity contribution >= 4 is 12.6 Å². The van der Waals surface area contributed by atoms with E-state index in [9.17, 15) is 0 Å². The van der Waals surface area contributed by atoms with E-state index in [1.54, 1.807) is 0 Å². The van der Waals surface area contributed by atoms with E-state index in [4.69, 9.17) is 0 Å². The average molecular weight is 365 g/mol. The summed E-state index contributed by atoms with van der Waals surface area (Å²) in [6.45, 7) is 7.76. The first-order valence-electron chi connectivity index (χ1n) is 10.8. The van der Waals surface area contributed by atoms with Gasteiger partial charge < -0.3 is 0 Å². The Labute approximate surface area is 163 Å². The topological polar surface area (TPSA) is 3.88 Å². The van der Waals surface area contributed by atoms with Gasteiger partial charge in [0.25, 0.3) is 0 Å². The van der Waals surface area contributed by atoms with Gasteiger partial charge >= 0.3 is 0 Å². The van der Waals surface area contributed by atoms with Gasteiger partial charge in [0.15, 0.2) is 17.9 Å². The monoisotopic (exact) mass is 364 g/mol. The summed E-state index contributed by atoms with van der Waals surface area (Å²) >= 11 is 4.42. The zero-order valence-electron chi connectivity index (χ0n) is 17.2. The molecule has 25 heavy (non-hydrogen) atoms. The van der Waals surface area contributed by atoms with Crippen LogP contribution in [0.5, 0.6) is 0 Å². The van der Waals surface area contributed by atoms with Gasteiger partial charge in [-0.3, -0.25) is 0 Å². The molecule has 0 unspecified atom stereocenters. The summed E-state index contributed by atoms with van der Waals surface area (Å²) in [6, 6.07) is 4.66. The minimum Gasteiger partial charge on any atom is -0.199 e. The molecule has 1 aromatic rings. The number of pyridine rings is 1. The Kier molecular flexibility index (Phi) is 13.2. The lowest BCUT2D eigenvalue weighted by atomic mass is 10.0. The van der Waals surface area contributed by atoms with Crippen LogP contribution >= 0.6 is 12.6 Å². The van der Waals surface area contributed by atoms with Gasteiger partial charge in [-0.15, -0.1) is 0 Å². The molecule has 0 saturated carbocycles. The number of hydrogen-bond donors (Lipinski definition) is 1. The molecule has 0 aliphatic rings. The van der Waals surface area contributed by atoms with Crippen molar-refractivity contribution < 1.29 is 4.57 Å². The van der Waals surface area contributed by atoms with Gasteiger partial charge in [-0.05, 0) is 18.9 Å². The Bertz CT molecular complexity index is 456. The lowest BCUT2D eigenvalue weighted by Crippen LogP contribution is -2.42. The maximum absolute atomic E-state index is 4.42. The lowest BCUT2D eigenvalue weighted by Gasteiger charge is -2.08. The van der Waals surface area contributed by atoms with Crippen molar-refractivity contribution in [3.63, 3.8) is 0 Å². The van der Waals surface area contributed by atoms with E-state index in [0.717, 1.165) is 12.3 Å². The molecule has 0 radical (unpaired) electrons. The minimum atomic E-state index is 0.917. The van der Waals surface area contributed by atoms with Crippen LogP contribution in [0.25, 0.3) is 0 Å². The molecule has 0 N–H and O–H groups in total. The van der Waals surface area contributed by atoms with Crippen LogP contribution in [0.15, 0.2) is 12.1 Å². The highest BCUT2D eigenvalue weighted by Crippen LogP contribution is 2.13. The number of nitrogens with zero attached hydrogens (tertiary/aromatic N) is 1. The van der Waals surface area contributed by atoms with Crippen LogP contribution in [-0.4, -0.2) is 5.75 Å². The summed E-state index contributed by atoms with van der Waals surface area (Å²) in [4.78, 5) is 0. The lowest BCUT2D eigenvalue weighted by molar-refractivity contribution is -0.705. The van der Waals surface area contributed by atoms with Gasteiger partial charge in [0.1, 0.15) is 0 Å². The molecule has 2 heteroatoms. The van der Waals surface area contributed by atoms with Gasteiger partial charge in [-0.1, -0.05) is 77.6 Å². The molecule has 1 aromatic heterocycles. The van der Waals surface area contributed by atoms with Crippen molar-refractivity contribution in [3.05, 3.63) is 29.1 Å². The Morgan fingerprint density at radius 2 is 1.28 bits per heavy atom. The molecule has 0 fully saturated rings. The molecule has 0 atom stereocenters. The van der Waals surface area contributed by atoms with Crippen LogP contribution in [0.2, 0.25) is 0 Å². The van der Waals surface area contributed by atoms with Crippen LogP contribution in [0.1, 0.15) is 101 Å². The molecule has 1 rings (SSSR count). The van der Waals surface area contributed by atoms with E-state index in [1.807, 2.05) is 0 Å². The van der Waals surface area contributed by atoms with Crippen molar-refractivity contribution in [2.24, 2.45) is 0 Å². The zero-order valence-corrected chi connectivity index (χ0v) is 18.1. The third-order valence-electron chi connectivity index (χ3n) is 5.21. The summed E-state index contributed by atoms with van der Waals surface area (Å²) in [6.07, 6.45) is 18.2. The number of thiol groups is 1. The summed E-state index contributed by atoms with van der Waals surface area (Å²) in [5.74, 6) is 0.917. The highest BCUT2D eigenvalue weighted by atomic mass is 32.1. The first-order chi connectivity index (χ1) is 12.2. The average Bonchev–Trinajstić information content (AvgIpc) is 2.58. The quantitative estimate of drug-likeness (QED) is 0.199. The first-order valence-corrected chi connectivity index (χ1v) is 11.4. The third kappa shape index (κ3) is 10.3. The zero-order chi connectivity index (χ0) is 18.3. The van der Waals surface area contributed by atoms with Gasteiger partial charge in [0, 0.05) is 31.2 Å². The van der Waals surface area contributed by atoms with Crippen LogP contribution < -0.4 is 4.57 Å². The van der Waals surface area contributed by atoms with Crippen LogP contribution in [-0.2, 0) is 13.0 Å². The molecule has 1 heterocycles. The minimum absolute atomic E-state index is 0.917. The second-order valence-electron chi connectivity index (χ2n) is 7.68. The predicted octanol–water partition coefficient (Wildman–Crippen LogP) is 6.76. The number of hydrogen-bond acceptors (Lipinski definition) is 1. The molecule has 0 amide bonds. The molecule has 0 bridgehead atoms. The smallest absolute Gasteiger partial charge is 0.181 e. The second-order valence-corrected chi connectivity index (χ2v) is 8.13. The second kappa shape index (κ2) is 14.6. The molecule has 0 saturated heterocycles. The highest BCUT2D eigenvalue weighted by molar-refractivity contribution is 7.80. The van der Waals surface area contributed by atoms with Crippen LogP contribution in [0.4, 0.5) is 0 Å². The third-order valence-corrected chi connectivity index (χ3v) is 5.41. The molecule has 0 spiro atoms. The molecule has 0 aliphatic heterocycles. The highest BCUT2D eigenvalue weighted by Gasteiger charge is 2.13. The van der Waals surface area contributed by atoms with Gasteiger partial charge in [0.2, 0.25) is 0 Å². The molecule has 0 aliphatic carbocycles. The van der Waals surface area contributed by atoms with Crippen molar-refractivity contribution in [2.45, 2.75) is 111 Å². The van der Waals surface area contributed by atoms with E-state index in [0.29, 0.717) is 0 Å². The number of aryl methyl sites for hydroxylation is 3. The van der Waals surface area contributed by atoms with Crippen LogP contribution in [0, 0.1) is 13.8 Å². The summed E-state index contributed by atoms with van der Waals surface area (Å²) in [7, 11) is 0. The SMILES string of the molecule is CCCCCCCCCCCCCCc1cc(C)cc(C)[n+]1CCS. The molecular formula is C23H42NS+. The standard InChI is InChI=1S/C23H41NS/c1-4-5-6-7-8-9-10-11-12-13-14-15-16-23-20-21(2)19-22(3)24(23)17-18-25/h19-20H,4-18H2,1-3H3/p+1. The summed E-state index contributed by atoms with van der Waals surface area (Å²) < 4.78 is 2.46. The maximum Gasteiger partial charge on any atom is 0.181 e. The van der Waals surface area contributed by atoms with Crippen molar-refractivity contribution in [1.29, 1.82) is 0 Å². The molecule has 1 nitrogen and oxygen atoms in total. The van der Waals surface area contributed by atoms with E-state index < -0.39 is 0 Å². The van der Waals surface area contributed by atoms with Crippen molar-refractivity contribution in [3.8, 4) is 0 Å². The normalized spacial score (nSPS) is 11.2. The molecule has 144 valence electrons. The van der Waals surface area contributed by atoms with Crippen LogP contribution in [0.3, 0.4) is 0 Å². The Morgan fingerprint density at radius 3 is 1.80 bits per heavy atom. The Balaban J connectivity index is 2.10. The molecule has 0 aromatic carbocycles. The number of rotatable bonds is 15. The van der Waals surface area contributed by atoms with Gasteiger partial charge in [-0.25, -0.2) is 0 Å². The predicted molar refractivity (Wildman–Crippen MR) is 115 cm³/mol. The fourth-order valence-corrected chi connectivity index (χ4v) is 3.99. The fraction of sp³-hybridized carbons (Fsp3) is 0.783. The fourth-order valence-electron chi connectivity index (χ4n) is 3.79. The van der Waals surface area contributed by atoms with E-state index in [1.165, 1.54) is 100 Å². The Hall–Kier alpha value is -0.500. The summed E-state index contributed by atoms with van der Waals surface area (Å²) in [5.41, 5.74) is 4.27.